The molecule has 0 saturated carbocycles. The van der Waals surface area contributed by atoms with E-state index in [9.17, 15) is 0 Å². The van der Waals surface area contributed by atoms with Crippen LogP contribution in [0.3, 0.4) is 0 Å². The molecular weight excluding hydrogens is 152 g/mol. The Kier molecular flexibility index (Phi) is 7.45. The van der Waals surface area contributed by atoms with Gasteiger partial charge in [-0.15, -0.1) is 0 Å². The van der Waals surface area contributed by atoms with Crippen molar-refractivity contribution in [2.24, 2.45) is 5.73 Å². The van der Waals surface area contributed by atoms with Gasteiger partial charge in [0.05, 0.1) is 0 Å². The Morgan fingerprint density at radius 3 is 2.67 bits per heavy atom. The summed E-state index contributed by atoms with van der Waals surface area (Å²) in [6.07, 6.45) is 2.12. The van der Waals surface area contributed by atoms with Crippen molar-refractivity contribution < 1.29 is 4.74 Å². The second kappa shape index (κ2) is 7.53. The minimum atomic E-state index is 0.296. The molecule has 0 fully saturated rings. The lowest BCUT2D eigenvalue weighted by atomic mass is 10.1. The van der Waals surface area contributed by atoms with Crippen LogP contribution >= 0.6 is 0 Å². The minimum Gasteiger partial charge on any atom is -0.385 e. The van der Waals surface area contributed by atoms with Gasteiger partial charge in [0, 0.05) is 26.3 Å². The van der Waals surface area contributed by atoms with Gasteiger partial charge in [0.1, 0.15) is 0 Å². The zero-order valence-corrected chi connectivity index (χ0v) is 8.55. The zero-order valence-electron chi connectivity index (χ0n) is 8.55. The average molecular weight is 174 g/mol. The van der Waals surface area contributed by atoms with E-state index in [1.54, 1.807) is 7.11 Å². The summed E-state index contributed by atoms with van der Waals surface area (Å²) in [7, 11) is 3.82. The van der Waals surface area contributed by atoms with Crippen LogP contribution in [0.4, 0.5) is 0 Å². The highest BCUT2D eigenvalue weighted by Gasteiger charge is 2.04. The standard InChI is InChI=1S/C9H22N2O/c1-4-11(2)8-9(10)6-5-7-12-3/h9H,4-8,10H2,1-3H3. The lowest BCUT2D eigenvalue weighted by Crippen LogP contribution is -2.35. The van der Waals surface area contributed by atoms with E-state index in [1.807, 2.05) is 0 Å². The summed E-state index contributed by atoms with van der Waals surface area (Å²) in [4.78, 5) is 2.23. The fraction of sp³-hybridized carbons (Fsp3) is 1.00. The van der Waals surface area contributed by atoms with Gasteiger partial charge in [-0.05, 0) is 26.4 Å². The molecule has 2 N–H and O–H groups in total. The Balaban J connectivity index is 3.26. The summed E-state index contributed by atoms with van der Waals surface area (Å²) in [5, 5.41) is 0. The Bertz CT molecular complexity index is 98.5. The minimum absolute atomic E-state index is 0.296. The van der Waals surface area contributed by atoms with Crippen molar-refractivity contribution in [1.29, 1.82) is 0 Å². The van der Waals surface area contributed by atoms with Crippen molar-refractivity contribution >= 4 is 0 Å². The molecular formula is C9H22N2O. The highest BCUT2D eigenvalue weighted by atomic mass is 16.5. The van der Waals surface area contributed by atoms with Crippen LogP contribution in [0, 0.1) is 0 Å². The first-order chi connectivity index (χ1) is 5.70. The van der Waals surface area contributed by atoms with Crippen LogP contribution in [0.1, 0.15) is 19.8 Å². The smallest absolute Gasteiger partial charge is 0.0462 e. The maximum absolute atomic E-state index is 5.89. The van der Waals surface area contributed by atoms with E-state index in [2.05, 4.69) is 18.9 Å². The third kappa shape index (κ3) is 6.58. The molecule has 74 valence electrons. The molecule has 0 rings (SSSR count). The zero-order chi connectivity index (χ0) is 9.40. The molecule has 0 aliphatic heterocycles. The monoisotopic (exact) mass is 174 g/mol. The summed E-state index contributed by atoms with van der Waals surface area (Å²) in [6.45, 7) is 5.02. The van der Waals surface area contributed by atoms with Crippen LogP contribution in [-0.2, 0) is 4.74 Å². The first kappa shape index (κ1) is 11.9. The van der Waals surface area contributed by atoms with E-state index in [1.165, 1.54) is 0 Å². The maximum atomic E-state index is 5.89. The number of ether oxygens (including phenoxy) is 1. The predicted octanol–water partition coefficient (Wildman–Crippen LogP) is 0.692. The third-order valence-electron chi connectivity index (χ3n) is 2.01. The lowest BCUT2D eigenvalue weighted by molar-refractivity contribution is 0.187. The number of methoxy groups -OCH3 is 1. The van der Waals surface area contributed by atoms with Gasteiger partial charge in [-0.25, -0.2) is 0 Å². The molecule has 3 heteroatoms. The number of likely N-dealkylation sites (N-methyl/N-ethyl adjacent to an activating group) is 1. The van der Waals surface area contributed by atoms with Gasteiger partial charge in [0.15, 0.2) is 0 Å². The van der Waals surface area contributed by atoms with E-state index < -0.39 is 0 Å². The van der Waals surface area contributed by atoms with E-state index in [4.69, 9.17) is 10.5 Å². The van der Waals surface area contributed by atoms with Gasteiger partial charge in [0.2, 0.25) is 0 Å². The molecule has 0 aromatic rings. The third-order valence-corrected chi connectivity index (χ3v) is 2.01. The van der Waals surface area contributed by atoms with Gasteiger partial charge < -0.3 is 15.4 Å². The normalized spacial score (nSPS) is 13.8. The summed E-state index contributed by atoms with van der Waals surface area (Å²) in [5.41, 5.74) is 5.89. The summed E-state index contributed by atoms with van der Waals surface area (Å²) in [6, 6.07) is 0.296. The van der Waals surface area contributed by atoms with Gasteiger partial charge in [0.25, 0.3) is 0 Å². The molecule has 1 atom stereocenters. The van der Waals surface area contributed by atoms with Crippen LogP contribution in [-0.4, -0.2) is 44.8 Å². The Morgan fingerprint density at radius 1 is 1.50 bits per heavy atom. The molecule has 0 aliphatic carbocycles. The number of nitrogens with zero attached hydrogens (tertiary/aromatic N) is 1. The van der Waals surface area contributed by atoms with Crippen molar-refractivity contribution in [1.82, 2.24) is 4.90 Å². The molecule has 12 heavy (non-hydrogen) atoms. The largest absolute Gasteiger partial charge is 0.385 e. The van der Waals surface area contributed by atoms with Crippen LogP contribution in [0.2, 0.25) is 0 Å². The Morgan fingerprint density at radius 2 is 2.17 bits per heavy atom. The fourth-order valence-electron chi connectivity index (χ4n) is 1.11. The second-order valence-electron chi connectivity index (χ2n) is 3.25. The molecule has 0 saturated heterocycles. The predicted molar refractivity (Wildman–Crippen MR) is 52.3 cm³/mol. The van der Waals surface area contributed by atoms with Crippen LogP contribution in [0.25, 0.3) is 0 Å². The number of rotatable bonds is 7. The van der Waals surface area contributed by atoms with Gasteiger partial charge in [-0.1, -0.05) is 6.92 Å². The molecule has 0 heterocycles. The van der Waals surface area contributed by atoms with Crippen molar-refractivity contribution in [2.75, 3.05) is 33.9 Å². The van der Waals surface area contributed by atoms with E-state index in [0.29, 0.717) is 6.04 Å². The molecule has 0 bridgehead atoms. The fourth-order valence-corrected chi connectivity index (χ4v) is 1.11. The molecule has 0 aromatic carbocycles. The summed E-state index contributed by atoms with van der Waals surface area (Å²) in [5.74, 6) is 0. The van der Waals surface area contributed by atoms with Gasteiger partial charge in [-0.2, -0.15) is 0 Å². The first-order valence-electron chi connectivity index (χ1n) is 4.63. The van der Waals surface area contributed by atoms with Crippen molar-refractivity contribution in [3.05, 3.63) is 0 Å². The van der Waals surface area contributed by atoms with Crippen molar-refractivity contribution in [2.45, 2.75) is 25.8 Å². The maximum Gasteiger partial charge on any atom is 0.0462 e. The van der Waals surface area contributed by atoms with Crippen LogP contribution in [0.15, 0.2) is 0 Å². The van der Waals surface area contributed by atoms with Crippen molar-refractivity contribution in [3.63, 3.8) is 0 Å². The van der Waals surface area contributed by atoms with Crippen LogP contribution in [0.5, 0.6) is 0 Å². The highest BCUT2D eigenvalue weighted by Crippen LogP contribution is 1.96. The molecule has 0 spiro atoms. The van der Waals surface area contributed by atoms with Gasteiger partial charge >= 0.3 is 0 Å². The average Bonchev–Trinajstić information content (AvgIpc) is 2.05. The number of hydrogen-bond acceptors (Lipinski definition) is 3. The molecule has 0 aliphatic rings. The molecule has 0 aromatic heterocycles. The van der Waals surface area contributed by atoms with Crippen LogP contribution < -0.4 is 5.73 Å². The second-order valence-corrected chi connectivity index (χ2v) is 3.25. The molecule has 0 radical (unpaired) electrons. The van der Waals surface area contributed by atoms with E-state index in [0.717, 1.165) is 32.5 Å². The number of hydrogen-bond donors (Lipinski definition) is 1. The Hall–Kier alpha value is -0.120. The number of nitrogens with two attached hydrogens (primary N) is 1. The first-order valence-corrected chi connectivity index (χ1v) is 4.63. The topological polar surface area (TPSA) is 38.5 Å². The molecule has 1 unspecified atom stereocenters. The summed E-state index contributed by atoms with van der Waals surface area (Å²) < 4.78 is 4.95. The quantitative estimate of drug-likeness (QED) is 0.577. The van der Waals surface area contributed by atoms with E-state index >= 15 is 0 Å². The Labute approximate surface area is 75.9 Å². The highest BCUT2D eigenvalue weighted by molar-refractivity contribution is 4.64. The SMILES string of the molecule is CCN(C)CC(N)CCCOC. The molecule has 3 nitrogen and oxygen atoms in total. The summed E-state index contributed by atoms with van der Waals surface area (Å²) >= 11 is 0. The van der Waals surface area contributed by atoms with Gasteiger partial charge in [-0.3, -0.25) is 0 Å². The lowest BCUT2D eigenvalue weighted by Gasteiger charge is -2.19. The molecule has 0 amide bonds. The van der Waals surface area contributed by atoms with Crippen molar-refractivity contribution in [3.8, 4) is 0 Å². The van der Waals surface area contributed by atoms with E-state index in [-0.39, 0.29) is 0 Å².